The molecule has 0 rings (SSSR count). The van der Waals surface area contributed by atoms with Gasteiger partial charge >= 0.3 is 11.9 Å². The van der Waals surface area contributed by atoms with Crippen LogP contribution in [0.3, 0.4) is 0 Å². The highest BCUT2D eigenvalue weighted by Crippen LogP contribution is 2.10. The number of ether oxygens (including phenoxy) is 3. The van der Waals surface area contributed by atoms with Gasteiger partial charge in [0.2, 0.25) is 0 Å². The van der Waals surface area contributed by atoms with E-state index in [2.05, 4.69) is 32.1 Å². The zero-order valence-electron chi connectivity index (χ0n) is 31.3. The summed E-state index contributed by atoms with van der Waals surface area (Å²) >= 11 is 0. The summed E-state index contributed by atoms with van der Waals surface area (Å²) in [5, 5.41) is 11.6. The summed E-state index contributed by atoms with van der Waals surface area (Å²) in [4.78, 5) is 36.6. The molecular formula is C42H63NO7. The smallest absolute Gasteiger partial charge is 0.306 e. The molecule has 278 valence electrons. The van der Waals surface area contributed by atoms with Gasteiger partial charge in [0.25, 0.3) is 0 Å². The zero-order chi connectivity index (χ0) is 37.1. The molecule has 0 bridgehead atoms. The summed E-state index contributed by atoms with van der Waals surface area (Å²) in [5.41, 5.74) is 0. The van der Waals surface area contributed by atoms with E-state index in [1.165, 1.54) is 0 Å². The number of quaternary nitrogens is 1. The Morgan fingerprint density at radius 3 is 1.58 bits per heavy atom. The fourth-order valence-electron chi connectivity index (χ4n) is 4.34. The van der Waals surface area contributed by atoms with Gasteiger partial charge in [-0.1, -0.05) is 130 Å². The van der Waals surface area contributed by atoms with Gasteiger partial charge in [-0.15, -0.1) is 0 Å². The second-order valence-electron chi connectivity index (χ2n) is 12.6. The van der Waals surface area contributed by atoms with Gasteiger partial charge in [-0.25, -0.2) is 0 Å². The molecule has 2 unspecified atom stereocenters. The van der Waals surface area contributed by atoms with E-state index in [9.17, 15) is 19.5 Å². The predicted molar refractivity (Wildman–Crippen MR) is 203 cm³/mol. The summed E-state index contributed by atoms with van der Waals surface area (Å²) in [5.74, 6) is -1.91. The van der Waals surface area contributed by atoms with Crippen LogP contribution < -0.4 is 5.11 Å². The number of likely N-dealkylation sites (N-methyl/N-ethyl adjacent to an activating group) is 1. The molecule has 0 aliphatic heterocycles. The van der Waals surface area contributed by atoms with Crippen molar-refractivity contribution < 1.29 is 38.2 Å². The summed E-state index contributed by atoms with van der Waals surface area (Å²) in [7, 11) is 5.33. The number of rotatable bonds is 29. The number of carbonyl (C=O) groups is 3. The Hall–Kier alpha value is -4.01. The van der Waals surface area contributed by atoms with Gasteiger partial charge in [0.05, 0.1) is 40.3 Å². The number of hydrogen-bond acceptors (Lipinski definition) is 7. The Morgan fingerprint density at radius 1 is 0.600 bits per heavy atom. The van der Waals surface area contributed by atoms with E-state index in [1.54, 1.807) is 21.1 Å². The first kappa shape index (κ1) is 46.0. The molecule has 2 atom stereocenters. The Balaban J connectivity index is 4.69. The molecule has 0 aromatic rings. The summed E-state index contributed by atoms with van der Waals surface area (Å²) < 4.78 is 16.9. The van der Waals surface area contributed by atoms with Crippen LogP contribution in [0.4, 0.5) is 0 Å². The molecular weight excluding hydrogens is 630 g/mol. The van der Waals surface area contributed by atoms with Crippen LogP contribution in [0.5, 0.6) is 0 Å². The third-order valence-electron chi connectivity index (χ3n) is 7.13. The Labute approximate surface area is 302 Å². The van der Waals surface area contributed by atoms with Crippen LogP contribution in [0.25, 0.3) is 0 Å². The van der Waals surface area contributed by atoms with Gasteiger partial charge in [-0.3, -0.25) is 9.59 Å². The number of carboxylic acids is 1. The van der Waals surface area contributed by atoms with Gasteiger partial charge < -0.3 is 28.6 Å². The highest BCUT2D eigenvalue weighted by molar-refractivity contribution is 5.70. The second-order valence-corrected chi connectivity index (χ2v) is 12.6. The van der Waals surface area contributed by atoms with Crippen molar-refractivity contribution in [3.8, 4) is 0 Å². The van der Waals surface area contributed by atoms with E-state index < -0.39 is 24.1 Å². The van der Waals surface area contributed by atoms with Crippen LogP contribution in [-0.2, 0) is 28.6 Å². The largest absolute Gasteiger partial charge is 0.544 e. The summed E-state index contributed by atoms with van der Waals surface area (Å²) in [6, 6.07) is -0.750. The maximum Gasteiger partial charge on any atom is 0.306 e. The van der Waals surface area contributed by atoms with Crippen LogP contribution in [-0.4, -0.2) is 75.5 Å². The van der Waals surface area contributed by atoms with Crippen molar-refractivity contribution in [1.82, 2.24) is 0 Å². The normalized spacial score (nSPS) is 14.3. The highest BCUT2D eigenvalue weighted by Gasteiger charge is 2.25. The van der Waals surface area contributed by atoms with Gasteiger partial charge in [0.15, 0.2) is 6.10 Å². The average molecular weight is 694 g/mol. The number of nitrogens with zero attached hydrogens (tertiary/aromatic N) is 1. The minimum atomic E-state index is -1.15. The van der Waals surface area contributed by atoms with Crippen molar-refractivity contribution >= 4 is 17.9 Å². The Kier molecular flexibility index (Phi) is 29.6. The van der Waals surface area contributed by atoms with Crippen molar-refractivity contribution in [2.75, 3.05) is 41.0 Å². The third-order valence-corrected chi connectivity index (χ3v) is 7.13. The standard InChI is InChI=1S/C42H63NO7/c1-6-8-10-12-14-16-18-20-22-24-26-28-30-32-40(44)49-37-38(36-48-35-34-39(42(46)47)43(3,4)5)50-41(45)33-31-29-27-25-23-21-19-17-15-13-11-9-7-2/h8-23,25,27,38-39H,6-7,24,26,28-37H2,1-5H3/b10-8+,11-9+,14-12+,15-13+,18-16+,19-17+,22-20+,23-21+,27-25+. The topological polar surface area (TPSA) is 102 Å². The molecule has 0 saturated heterocycles. The molecule has 0 radical (unpaired) electrons. The Morgan fingerprint density at radius 2 is 1.08 bits per heavy atom. The minimum Gasteiger partial charge on any atom is -0.544 e. The third kappa shape index (κ3) is 30.1. The lowest BCUT2D eigenvalue weighted by atomic mass is 10.1. The van der Waals surface area contributed by atoms with Gasteiger partial charge in [0.1, 0.15) is 12.6 Å². The maximum absolute atomic E-state index is 12.6. The van der Waals surface area contributed by atoms with Crippen molar-refractivity contribution in [2.24, 2.45) is 0 Å². The molecule has 8 heteroatoms. The summed E-state index contributed by atoms with van der Waals surface area (Å²) in [6.45, 7) is 4.19. The van der Waals surface area contributed by atoms with Crippen LogP contribution in [0.2, 0.25) is 0 Å². The first-order valence-corrected chi connectivity index (χ1v) is 18.0. The monoisotopic (exact) mass is 693 g/mol. The molecule has 0 spiro atoms. The van der Waals surface area contributed by atoms with E-state index in [-0.39, 0.29) is 49.5 Å². The molecule has 0 amide bonds. The lowest BCUT2D eigenvalue weighted by Gasteiger charge is -2.34. The number of aliphatic carboxylic acids is 1. The van der Waals surface area contributed by atoms with E-state index >= 15 is 0 Å². The molecule has 50 heavy (non-hydrogen) atoms. The molecule has 8 nitrogen and oxygen atoms in total. The molecule has 0 aliphatic carbocycles. The number of unbranched alkanes of at least 4 members (excludes halogenated alkanes) is 4. The van der Waals surface area contributed by atoms with Gasteiger partial charge in [0, 0.05) is 19.3 Å². The van der Waals surface area contributed by atoms with Crippen LogP contribution in [0.15, 0.2) is 109 Å². The van der Waals surface area contributed by atoms with Crippen LogP contribution >= 0.6 is 0 Å². The zero-order valence-corrected chi connectivity index (χ0v) is 31.3. The fraction of sp³-hybridized carbons (Fsp3) is 0.500. The number of carboxylic acid groups (broad SMARTS) is 1. The second kappa shape index (κ2) is 32.2. The lowest BCUT2D eigenvalue weighted by Crippen LogP contribution is -2.55. The van der Waals surface area contributed by atoms with E-state index in [1.807, 2.05) is 91.1 Å². The quantitative estimate of drug-likeness (QED) is 0.0344. The van der Waals surface area contributed by atoms with Crippen molar-refractivity contribution in [3.05, 3.63) is 109 Å². The van der Waals surface area contributed by atoms with Crippen LogP contribution in [0.1, 0.15) is 84.5 Å². The highest BCUT2D eigenvalue weighted by atomic mass is 16.6. The van der Waals surface area contributed by atoms with Crippen LogP contribution in [0, 0.1) is 0 Å². The van der Waals surface area contributed by atoms with Crippen molar-refractivity contribution in [3.63, 3.8) is 0 Å². The first-order chi connectivity index (χ1) is 24.1. The molecule has 0 N–H and O–H groups in total. The van der Waals surface area contributed by atoms with E-state index in [0.29, 0.717) is 19.3 Å². The Bertz CT molecular complexity index is 1180. The molecule has 0 aromatic heterocycles. The lowest BCUT2D eigenvalue weighted by molar-refractivity contribution is -0.889. The average Bonchev–Trinajstić information content (AvgIpc) is 3.06. The molecule has 0 aliphatic rings. The number of hydrogen-bond donors (Lipinski definition) is 0. The number of carbonyl (C=O) groups excluding carboxylic acids is 3. The minimum absolute atomic E-state index is 0.00968. The van der Waals surface area contributed by atoms with Crippen molar-refractivity contribution in [1.29, 1.82) is 0 Å². The van der Waals surface area contributed by atoms with E-state index in [4.69, 9.17) is 14.2 Å². The van der Waals surface area contributed by atoms with Gasteiger partial charge in [-0.2, -0.15) is 0 Å². The first-order valence-electron chi connectivity index (χ1n) is 18.0. The SMILES string of the molecule is CC/C=C/C=C/C=C/C=C/C=C/CCCC(=O)OC(COCCC(C(=O)[O-])[N+](C)(C)C)COC(=O)CCCCC/C=C/C=C/C=C/C=C/CC. The molecule has 0 heterocycles. The van der Waals surface area contributed by atoms with Gasteiger partial charge in [-0.05, 0) is 44.9 Å². The van der Waals surface area contributed by atoms with Crippen molar-refractivity contribution in [2.45, 2.75) is 96.6 Å². The predicted octanol–water partition coefficient (Wildman–Crippen LogP) is 7.62. The van der Waals surface area contributed by atoms with E-state index in [0.717, 1.165) is 32.1 Å². The maximum atomic E-state index is 12.6. The molecule has 0 aromatic carbocycles. The fourth-order valence-corrected chi connectivity index (χ4v) is 4.34. The molecule has 0 saturated carbocycles. The summed E-state index contributed by atoms with van der Waals surface area (Å²) in [6.07, 6.45) is 42.8. The number of allylic oxidation sites excluding steroid dienone is 18. The number of esters is 2. The molecule has 0 fully saturated rings.